The standard InChI is InChI=1S/C13H17ClN2O3.C2H6/c1-9-4-5-10(12(14)13(9)19-3)16(2)7-6-11(18)15-8-17;1-2/h4-5,8H,6-7H2,1-3H3,(H,15,17,18);1-2H3. The monoisotopic (exact) mass is 314 g/mol. The van der Waals surface area contributed by atoms with Crippen LogP contribution in [0.25, 0.3) is 0 Å². The lowest BCUT2D eigenvalue weighted by Crippen LogP contribution is -2.28. The van der Waals surface area contributed by atoms with Crippen molar-refractivity contribution in [1.29, 1.82) is 0 Å². The number of hydrogen-bond acceptors (Lipinski definition) is 4. The van der Waals surface area contributed by atoms with Gasteiger partial charge < -0.3 is 9.64 Å². The van der Waals surface area contributed by atoms with Gasteiger partial charge in [0.2, 0.25) is 12.3 Å². The number of carbonyl (C=O) groups is 2. The minimum Gasteiger partial charge on any atom is -0.495 e. The average molecular weight is 315 g/mol. The fourth-order valence-corrected chi connectivity index (χ4v) is 2.15. The maximum Gasteiger partial charge on any atom is 0.228 e. The molecule has 2 amide bonds. The summed E-state index contributed by atoms with van der Waals surface area (Å²) in [6.45, 7) is 6.36. The SMILES string of the molecule is CC.COc1c(C)ccc(N(C)CCC(=O)NC=O)c1Cl. The number of methoxy groups -OCH3 is 1. The first-order valence-electron chi connectivity index (χ1n) is 6.78. The van der Waals surface area contributed by atoms with E-state index in [1.807, 2.05) is 44.9 Å². The van der Waals surface area contributed by atoms with Crippen LogP contribution >= 0.6 is 11.6 Å². The number of imide groups is 1. The minimum absolute atomic E-state index is 0.210. The van der Waals surface area contributed by atoms with Crippen LogP contribution in [0.2, 0.25) is 5.02 Å². The number of halogens is 1. The van der Waals surface area contributed by atoms with Gasteiger partial charge in [-0.15, -0.1) is 0 Å². The second-order valence-electron chi connectivity index (χ2n) is 4.11. The molecule has 0 atom stereocenters. The minimum atomic E-state index is -0.322. The van der Waals surface area contributed by atoms with Gasteiger partial charge in [-0.3, -0.25) is 14.9 Å². The van der Waals surface area contributed by atoms with Crippen molar-refractivity contribution in [3.05, 3.63) is 22.7 Å². The van der Waals surface area contributed by atoms with Crippen LogP contribution in [0.15, 0.2) is 12.1 Å². The molecule has 0 unspecified atom stereocenters. The van der Waals surface area contributed by atoms with Gasteiger partial charge in [0.05, 0.1) is 12.8 Å². The van der Waals surface area contributed by atoms with Gasteiger partial charge in [0, 0.05) is 20.0 Å². The molecule has 1 rings (SSSR count). The molecule has 0 aliphatic rings. The number of hydrogen-bond donors (Lipinski definition) is 1. The van der Waals surface area contributed by atoms with Crippen molar-refractivity contribution in [3.63, 3.8) is 0 Å². The third-order valence-corrected chi connectivity index (χ3v) is 3.15. The molecule has 21 heavy (non-hydrogen) atoms. The van der Waals surface area contributed by atoms with Gasteiger partial charge in [-0.1, -0.05) is 31.5 Å². The van der Waals surface area contributed by atoms with Gasteiger partial charge in [0.1, 0.15) is 10.8 Å². The molecule has 0 bridgehead atoms. The average Bonchev–Trinajstić information content (AvgIpc) is 2.48. The molecule has 0 heterocycles. The molecule has 0 saturated heterocycles. The number of amides is 2. The maximum absolute atomic E-state index is 11.2. The molecule has 0 fully saturated rings. The Morgan fingerprint density at radius 2 is 2.05 bits per heavy atom. The summed E-state index contributed by atoms with van der Waals surface area (Å²) < 4.78 is 5.25. The summed E-state index contributed by atoms with van der Waals surface area (Å²) in [4.78, 5) is 23.2. The Bertz CT molecular complexity index is 478. The van der Waals surface area contributed by atoms with E-state index in [2.05, 4.69) is 5.32 Å². The predicted octanol–water partition coefficient (Wildman–Crippen LogP) is 2.78. The van der Waals surface area contributed by atoms with Gasteiger partial charge in [-0.25, -0.2) is 0 Å². The summed E-state index contributed by atoms with van der Waals surface area (Å²) in [6.07, 6.45) is 0.589. The number of benzene rings is 1. The largest absolute Gasteiger partial charge is 0.495 e. The van der Waals surface area contributed by atoms with E-state index in [-0.39, 0.29) is 12.3 Å². The smallest absolute Gasteiger partial charge is 0.228 e. The zero-order valence-electron chi connectivity index (χ0n) is 13.2. The van der Waals surface area contributed by atoms with Crippen LogP contribution in [0.4, 0.5) is 5.69 Å². The van der Waals surface area contributed by atoms with E-state index in [0.717, 1.165) is 11.3 Å². The van der Waals surface area contributed by atoms with Gasteiger partial charge in [0.15, 0.2) is 0 Å². The number of ether oxygens (including phenoxy) is 1. The second-order valence-corrected chi connectivity index (χ2v) is 4.48. The van der Waals surface area contributed by atoms with E-state index in [1.165, 1.54) is 0 Å². The normalized spacial score (nSPS) is 9.24. The lowest BCUT2D eigenvalue weighted by molar-refractivity contribution is -0.125. The molecule has 0 aliphatic carbocycles. The van der Waals surface area contributed by atoms with E-state index in [9.17, 15) is 9.59 Å². The summed E-state index contributed by atoms with van der Waals surface area (Å²) in [7, 11) is 3.39. The van der Waals surface area contributed by atoms with Gasteiger partial charge >= 0.3 is 0 Å². The van der Waals surface area contributed by atoms with Gasteiger partial charge in [0.25, 0.3) is 0 Å². The molecule has 0 aromatic heterocycles. The Morgan fingerprint density at radius 1 is 1.43 bits per heavy atom. The summed E-state index contributed by atoms with van der Waals surface area (Å²) in [5.74, 6) is 0.306. The number of carbonyl (C=O) groups excluding carboxylic acids is 2. The highest BCUT2D eigenvalue weighted by Crippen LogP contribution is 2.36. The van der Waals surface area contributed by atoms with Crippen LogP contribution in [0.1, 0.15) is 25.8 Å². The quantitative estimate of drug-likeness (QED) is 0.820. The van der Waals surface area contributed by atoms with Crippen LogP contribution in [-0.2, 0) is 9.59 Å². The molecule has 1 aromatic rings. The van der Waals surface area contributed by atoms with E-state index < -0.39 is 0 Å². The number of nitrogens with zero attached hydrogens (tertiary/aromatic N) is 1. The molecule has 0 aliphatic heterocycles. The van der Waals surface area contributed by atoms with Crippen molar-refractivity contribution in [2.45, 2.75) is 27.2 Å². The fraction of sp³-hybridized carbons (Fsp3) is 0.467. The van der Waals surface area contributed by atoms with Crippen LogP contribution in [0.3, 0.4) is 0 Å². The maximum atomic E-state index is 11.2. The molecule has 118 valence electrons. The first-order chi connectivity index (χ1) is 10.0. The Labute approximate surface area is 131 Å². The van der Waals surface area contributed by atoms with E-state index >= 15 is 0 Å². The zero-order chi connectivity index (χ0) is 16.4. The van der Waals surface area contributed by atoms with Crippen LogP contribution in [-0.4, -0.2) is 33.0 Å². The molecular formula is C15H23ClN2O3. The highest BCUT2D eigenvalue weighted by Gasteiger charge is 2.13. The molecule has 0 spiro atoms. The molecule has 0 radical (unpaired) electrons. The predicted molar refractivity (Wildman–Crippen MR) is 86.2 cm³/mol. The van der Waals surface area contributed by atoms with Crippen LogP contribution < -0.4 is 15.0 Å². The first-order valence-corrected chi connectivity index (χ1v) is 7.16. The summed E-state index contributed by atoms with van der Waals surface area (Å²) in [5, 5.41) is 2.61. The van der Waals surface area contributed by atoms with Crippen molar-refractivity contribution >= 4 is 29.6 Å². The molecule has 6 heteroatoms. The fourth-order valence-electron chi connectivity index (χ4n) is 1.72. The summed E-state index contributed by atoms with van der Waals surface area (Å²) in [5.41, 5.74) is 1.73. The Balaban J connectivity index is 0.00000191. The topological polar surface area (TPSA) is 58.6 Å². The lowest BCUT2D eigenvalue weighted by Gasteiger charge is -2.22. The first kappa shape index (κ1) is 19.2. The van der Waals surface area contributed by atoms with Gasteiger partial charge in [-0.05, 0) is 18.6 Å². The number of aryl methyl sites for hydroxylation is 1. The molecule has 1 aromatic carbocycles. The molecule has 1 N–H and O–H groups in total. The zero-order valence-corrected chi connectivity index (χ0v) is 14.0. The Kier molecular flexibility index (Phi) is 9.21. The number of anilines is 1. The van der Waals surface area contributed by atoms with Crippen LogP contribution in [0.5, 0.6) is 5.75 Å². The third kappa shape index (κ3) is 5.63. The molecule has 0 saturated carbocycles. The van der Waals surface area contributed by atoms with E-state index in [1.54, 1.807) is 7.11 Å². The van der Waals surface area contributed by atoms with Crippen molar-refractivity contribution in [2.75, 3.05) is 25.6 Å². The lowest BCUT2D eigenvalue weighted by atomic mass is 10.2. The Morgan fingerprint density at radius 3 is 2.57 bits per heavy atom. The number of nitrogens with one attached hydrogen (secondary N) is 1. The summed E-state index contributed by atoms with van der Waals surface area (Å²) >= 11 is 6.26. The van der Waals surface area contributed by atoms with E-state index in [4.69, 9.17) is 16.3 Å². The second kappa shape index (κ2) is 10.0. The third-order valence-electron chi connectivity index (χ3n) is 2.78. The highest BCUT2D eigenvalue weighted by atomic mass is 35.5. The number of rotatable bonds is 6. The molecule has 5 nitrogen and oxygen atoms in total. The molecular weight excluding hydrogens is 292 g/mol. The van der Waals surface area contributed by atoms with Crippen molar-refractivity contribution in [1.82, 2.24) is 5.32 Å². The van der Waals surface area contributed by atoms with Crippen LogP contribution in [0, 0.1) is 6.92 Å². The van der Waals surface area contributed by atoms with Crippen molar-refractivity contribution < 1.29 is 14.3 Å². The van der Waals surface area contributed by atoms with Gasteiger partial charge in [-0.2, -0.15) is 0 Å². The van der Waals surface area contributed by atoms with Crippen molar-refractivity contribution in [2.24, 2.45) is 0 Å². The van der Waals surface area contributed by atoms with E-state index in [0.29, 0.717) is 23.7 Å². The summed E-state index contributed by atoms with van der Waals surface area (Å²) in [6, 6.07) is 3.78. The Hall–Kier alpha value is -1.75. The highest BCUT2D eigenvalue weighted by molar-refractivity contribution is 6.34. The van der Waals surface area contributed by atoms with Crippen molar-refractivity contribution in [3.8, 4) is 5.75 Å².